The van der Waals surface area contributed by atoms with Crippen LogP contribution in [0.2, 0.25) is 5.02 Å². The largest absolute Gasteiger partial charge is 0.504 e. The molecule has 0 radical (unpaired) electrons. The summed E-state index contributed by atoms with van der Waals surface area (Å²) in [4.78, 5) is 36.5. The lowest BCUT2D eigenvalue weighted by atomic mass is 10.1. The topological polar surface area (TPSA) is 150 Å². The van der Waals surface area contributed by atoms with Gasteiger partial charge in [0.05, 0.1) is 13.1 Å². The third kappa shape index (κ3) is 5.69. The first-order valence-corrected chi connectivity index (χ1v) is 12.0. The highest BCUT2D eigenvalue weighted by Crippen LogP contribution is 2.29. The highest BCUT2D eigenvalue weighted by molar-refractivity contribution is 6.31. The smallest absolute Gasteiger partial charge is 0.272 e. The van der Waals surface area contributed by atoms with Crippen molar-refractivity contribution in [2.45, 2.75) is 25.4 Å². The first-order chi connectivity index (χ1) is 17.4. The second-order valence-electron chi connectivity index (χ2n) is 8.49. The number of aromatic hydroxyl groups is 1. The van der Waals surface area contributed by atoms with Crippen molar-refractivity contribution in [2.75, 3.05) is 42.2 Å². The molecule has 2 amide bonds. The van der Waals surface area contributed by atoms with Gasteiger partial charge in [0.15, 0.2) is 23.1 Å². The van der Waals surface area contributed by atoms with Gasteiger partial charge in [-0.15, -0.1) is 0 Å². The van der Waals surface area contributed by atoms with E-state index in [2.05, 4.69) is 25.8 Å². The average Bonchev–Trinajstić information content (AvgIpc) is 3.24. The molecule has 36 heavy (non-hydrogen) atoms. The van der Waals surface area contributed by atoms with Crippen LogP contribution in [0.4, 0.5) is 17.6 Å². The Morgan fingerprint density at radius 2 is 2.03 bits per heavy atom. The lowest BCUT2D eigenvalue weighted by Crippen LogP contribution is -2.44. The third-order valence-electron chi connectivity index (χ3n) is 5.88. The van der Waals surface area contributed by atoms with E-state index in [1.807, 2.05) is 18.2 Å². The normalized spacial score (nSPS) is 15.4. The van der Waals surface area contributed by atoms with Gasteiger partial charge < -0.3 is 31.7 Å². The molecule has 6 N–H and O–H groups in total. The van der Waals surface area contributed by atoms with Crippen molar-refractivity contribution in [1.82, 2.24) is 19.9 Å². The Morgan fingerprint density at radius 3 is 2.75 bits per heavy atom. The van der Waals surface area contributed by atoms with Crippen molar-refractivity contribution in [2.24, 2.45) is 5.73 Å². The molecule has 11 nitrogen and oxygen atoms in total. The van der Waals surface area contributed by atoms with Crippen molar-refractivity contribution >= 4 is 41.0 Å². The van der Waals surface area contributed by atoms with Crippen molar-refractivity contribution in [3.8, 4) is 5.75 Å². The molecule has 0 spiro atoms. The number of nitrogens with two attached hydrogens (primary N) is 1. The highest BCUT2D eigenvalue weighted by atomic mass is 35.5. The first-order valence-electron chi connectivity index (χ1n) is 11.6. The second-order valence-corrected chi connectivity index (χ2v) is 8.89. The van der Waals surface area contributed by atoms with E-state index in [0.29, 0.717) is 29.9 Å². The molecule has 0 saturated carbocycles. The third-order valence-corrected chi connectivity index (χ3v) is 6.25. The molecule has 3 aromatic rings. The number of hydrogen-bond acceptors (Lipinski definition) is 8. The Labute approximate surface area is 213 Å². The van der Waals surface area contributed by atoms with Gasteiger partial charge in [0.2, 0.25) is 11.9 Å². The van der Waals surface area contributed by atoms with Crippen LogP contribution < -0.4 is 26.6 Å². The van der Waals surface area contributed by atoms with Crippen molar-refractivity contribution in [1.29, 1.82) is 0 Å². The fourth-order valence-electron chi connectivity index (χ4n) is 4.14. The number of carbonyl (C=O) groups is 2. The molecule has 4 rings (SSSR count). The summed E-state index contributed by atoms with van der Waals surface area (Å²) < 4.78 is 1.79. The number of hydrogen-bond donors (Lipinski definition) is 5. The van der Waals surface area contributed by atoms with Gasteiger partial charge in [-0.1, -0.05) is 29.8 Å². The van der Waals surface area contributed by atoms with Crippen LogP contribution in [0.5, 0.6) is 5.75 Å². The second kappa shape index (κ2) is 11.3. The Bertz CT molecular complexity index is 1250. The number of imidazole rings is 1. The maximum absolute atomic E-state index is 13.4. The molecule has 1 aromatic carbocycles. The monoisotopic (exact) mass is 512 g/mol. The quantitative estimate of drug-likeness (QED) is 0.307. The van der Waals surface area contributed by atoms with E-state index < -0.39 is 11.8 Å². The maximum atomic E-state index is 13.4. The van der Waals surface area contributed by atoms with Gasteiger partial charge in [-0.2, -0.15) is 4.98 Å². The van der Waals surface area contributed by atoms with Gasteiger partial charge in [-0.05, 0) is 36.6 Å². The van der Waals surface area contributed by atoms with E-state index in [9.17, 15) is 14.7 Å². The Hall–Kier alpha value is -3.83. The van der Waals surface area contributed by atoms with Gasteiger partial charge in [0.25, 0.3) is 5.91 Å². The standard InChI is InChI=1S/C24H29ClN8O3/c1-27-22-20(23(36)29-12-19(35)30-21-18(34)9-4-10-28-21)33(13-15-6-2-3-8-17(15)25)24(31-22)32-11-5-7-16(26)14-32/h2-4,6,8-10,16,27,34H,5,7,11-14,26H2,1H3,(H,29,36)(H,28,30,35)/t16-/m1/s1. The minimum Gasteiger partial charge on any atom is -0.504 e. The van der Waals surface area contributed by atoms with Crippen LogP contribution in [0.3, 0.4) is 0 Å². The summed E-state index contributed by atoms with van der Waals surface area (Å²) in [6, 6.07) is 10.4. The van der Waals surface area contributed by atoms with Crippen molar-refractivity contribution in [3.63, 3.8) is 0 Å². The fraction of sp³-hybridized carbons (Fsp3) is 0.333. The van der Waals surface area contributed by atoms with Gasteiger partial charge in [-0.25, -0.2) is 4.98 Å². The fourth-order valence-corrected chi connectivity index (χ4v) is 4.33. The molecule has 1 aliphatic rings. The molecule has 0 aliphatic carbocycles. The molecule has 2 aromatic heterocycles. The van der Waals surface area contributed by atoms with Crippen LogP contribution in [-0.2, 0) is 11.3 Å². The predicted octanol–water partition coefficient (Wildman–Crippen LogP) is 2.02. The summed E-state index contributed by atoms with van der Waals surface area (Å²) in [5.74, 6) is -0.217. The zero-order valence-electron chi connectivity index (χ0n) is 19.9. The lowest BCUT2D eigenvalue weighted by molar-refractivity contribution is -0.115. The highest BCUT2D eigenvalue weighted by Gasteiger charge is 2.28. The molecule has 1 saturated heterocycles. The Kier molecular flexibility index (Phi) is 7.91. The van der Waals surface area contributed by atoms with Crippen LogP contribution in [0, 0.1) is 0 Å². The van der Waals surface area contributed by atoms with Crippen molar-refractivity contribution in [3.05, 3.63) is 58.9 Å². The van der Waals surface area contributed by atoms with Crippen LogP contribution in [0.15, 0.2) is 42.6 Å². The zero-order valence-corrected chi connectivity index (χ0v) is 20.6. The summed E-state index contributed by atoms with van der Waals surface area (Å²) in [5, 5.41) is 18.5. The summed E-state index contributed by atoms with van der Waals surface area (Å²) in [6.45, 7) is 1.33. The minimum atomic E-state index is -0.539. The SMILES string of the molecule is CNc1nc(N2CCC[C@@H](N)C2)n(Cc2ccccc2Cl)c1C(=O)NCC(=O)Nc1ncccc1O. The van der Waals surface area contributed by atoms with E-state index in [1.54, 1.807) is 23.7 Å². The summed E-state index contributed by atoms with van der Waals surface area (Å²) in [5.41, 5.74) is 7.30. The average molecular weight is 513 g/mol. The van der Waals surface area contributed by atoms with E-state index in [-0.39, 0.29) is 29.8 Å². The zero-order chi connectivity index (χ0) is 25.7. The van der Waals surface area contributed by atoms with Crippen LogP contribution in [-0.4, -0.2) is 64.2 Å². The Balaban J connectivity index is 1.61. The molecule has 0 unspecified atom stereocenters. The first kappa shape index (κ1) is 25.3. The number of piperidine rings is 1. The maximum Gasteiger partial charge on any atom is 0.272 e. The van der Waals surface area contributed by atoms with E-state index in [1.165, 1.54) is 12.3 Å². The van der Waals surface area contributed by atoms with Gasteiger partial charge >= 0.3 is 0 Å². The molecule has 1 fully saturated rings. The van der Waals surface area contributed by atoms with Crippen LogP contribution in [0.1, 0.15) is 28.9 Å². The lowest BCUT2D eigenvalue weighted by Gasteiger charge is -2.32. The summed E-state index contributed by atoms with van der Waals surface area (Å²) >= 11 is 6.44. The number of nitrogens with zero attached hydrogens (tertiary/aromatic N) is 4. The summed E-state index contributed by atoms with van der Waals surface area (Å²) in [7, 11) is 1.68. The Morgan fingerprint density at radius 1 is 1.22 bits per heavy atom. The molecule has 0 bridgehead atoms. The molecule has 190 valence electrons. The molecule has 1 aliphatic heterocycles. The number of rotatable bonds is 8. The van der Waals surface area contributed by atoms with Gasteiger partial charge in [-0.3, -0.25) is 14.2 Å². The number of anilines is 3. The van der Waals surface area contributed by atoms with E-state index >= 15 is 0 Å². The van der Waals surface area contributed by atoms with Gasteiger partial charge in [0.1, 0.15) is 0 Å². The predicted molar refractivity (Wildman–Crippen MR) is 139 cm³/mol. The number of benzene rings is 1. The van der Waals surface area contributed by atoms with E-state index in [0.717, 1.165) is 24.9 Å². The summed E-state index contributed by atoms with van der Waals surface area (Å²) in [6.07, 6.45) is 3.28. The van der Waals surface area contributed by atoms with Crippen LogP contribution in [0.25, 0.3) is 0 Å². The van der Waals surface area contributed by atoms with E-state index in [4.69, 9.17) is 22.3 Å². The molecule has 1 atom stereocenters. The van der Waals surface area contributed by atoms with Gasteiger partial charge in [0, 0.05) is 37.4 Å². The molecular formula is C24H29ClN8O3. The molecule has 12 heteroatoms. The number of carbonyl (C=O) groups excluding carboxylic acids is 2. The van der Waals surface area contributed by atoms with Crippen LogP contribution >= 0.6 is 11.6 Å². The molecular weight excluding hydrogens is 484 g/mol. The number of amides is 2. The number of aromatic nitrogens is 3. The number of pyridine rings is 1. The minimum absolute atomic E-state index is 0.00577. The van der Waals surface area contributed by atoms with Crippen molar-refractivity contribution < 1.29 is 14.7 Å². The number of halogens is 1. The number of nitrogens with one attached hydrogen (secondary N) is 3. The molecule has 3 heterocycles.